The zero-order valence-electron chi connectivity index (χ0n) is 19.3. The van der Waals surface area contributed by atoms with Crippen molar-refractivity contribution < 1.29 is 18.0 Å². The van der Waals surface area contributed by atoms with Crippen molar-refractivity contribution in [3.05, 3.63) is 86.4 Å². The first-order chi connectivity index (χ1) is 17.0. The largest absolute Gasteiger partial charge is 0.352 e. The third-order valence-electron chi connectivity index (χ3n) is 5.82. The number of halogens is 3. The molecular weight excluding hydrogens is 545 g/mol. The number of carbonyl (C=O) groups is 2. The van der Waals surface area contributed by atoms with Crippen molar-refractivity contribution >= 4 is 68.0 Å². The molecule has 3 aromatic carbocycles. The molecule has 2 N–H and O–H groups in total. The number of nitrogens with one attached hydrogen (secondary N) is 2. The van der Waals surface area contributed by atoms with Gasteiger partial charge in [-0.1, -0.05) is 65.1 Å². The van der Waals surface area contributed by atoms with Gasteiger partial charge >= 0.3 is 0 Å². The topological polar surface area (TPSA) is 95.6 Å². The number of sulfonamides is 1. The van der Waals surface area contributed by atoms with Gasteiger partial charge in [0.2, 0.25) is 11.8 Å². The minimum atomic E-state index is -4.34. The Labute approximate surface area is 224 Å². The molecule has 2 amide bonds. The first kappa shape index (κ1) is 26.3. The van der Waals surface area contributed by atoms with E-state index in [0.29, 0.717) is 16.1 Å². The molecule has 0 saturated heterocycles. The standard InChI is InChI=1S/C25H22Cl3N3O4S/c1-14-9-23(15(2)8-17(14)26)36(34,35)31-21-11-19(28)18(27)10-20(21)30-25(33)22(31)12-24(32)29-13-16-6-4-3-5-7-16/h3-11,22H,12-13H2,1-2H3,(H,29,32)(H,30,33)/t22-/m1/s1. The number of benzene rings is 3. The molecule has 1 heterocycles. The second-order valence-corrected chi connectivity index (χ2v) is 11.4. The summed E-state index contributed by atoms with van der Waals surface area (Å²) in [6.45, 7) is 3.52. The summed E-state index contributed by atoms with van der Waals surface area (Å²) in [6, 6.07) is 13.6. The average molecular weight is 567 g/mol. The highest BCUT2D eigenvalue weighted by Gasteiger charge is 2.43. The molecule has 3 aromatic rings. The fourth-order valence-electron chi connectivity index (χ4n) is 3.96. The molecule has 188 valence electrons. The Hall–Kier alpha value is -2.78. The molecular formula is C25H22Cl3N3O4S. The highest BCUT2D eigenvalue weighted by Crippen LogP contribution is 2.42. The van der Waals surface area contributed by atoms with Gasteiger partial charge < -0.3 is 10.6 Å². The van der Waals surface area contributed by atoms with Gasteiger partial charge in [0.1, 0.15) is 6.04 Å². The van der Waals surface area contributed by atoms with Crippen LogP contribution in [-0.2, 0) is 26.2 Å². The normalized spacial score (nSPS) is 15.3. The van der Waals surface area contributed by atoms with Crippen molar-refractivity contribution in [1.29, 1.82) is 0 Å². The van der Waals surface area contributed by atoms with Gasteiger partial charge in [0.15, 0.2) is 0 Å². The van der Waals surface area contributed by atoms with Crippen LogP contribution < -0.4 is 14.9 Å². The van der Waals surface area contributed by atoms with Crippen LogP contribution >= 0.6 is 34.8 Å². The Kier molecular flexibility index (Phi) is 7.52. The number of carbonyl (C=O) groups excluding carboxylic acids is 2. The predicted octanol–water partition coefficient (Wildman–Crippen LogP) is 5.49. The van der Waals surface area contributed by atoms with Gasteiger partial charge in [0.25, 0.3) is 10.0 Å². The van der Waals surface area contributed by atoms with Crippen molar-refractivity contribution in [2.75, 3.05) is 9.62 Å². The van der Waals surface area contributed by atoms with Crippen LogP contribution in [0.25, 0.3) is 0 Å². The fraction of sp³-hybridized carbons (Fsp3) is 0.200. The minimum absolute atomic E-state index is 0.0363. The minimum Gasteiger partial charge on any atom is -0.352 e. The molecule has 0 aliphatic carbocycles. The van der Waals surface area contributed by atoms with Crippen LogP contribution in [0.5, 0.6) is 0 Å². The summed E-state index contributed by atoms with van der Waals surface area (Å²) in [5.41, 5.74) is 2.08. The van der Waals surface area contributed by atoms with Crippen molar-refractivity contribution in [2.24, 2.45) is 0 Å². The lowest BCUT2D eigenvalue weighted by Gasteiger charge is -2.37. The summed E-state index contributed by atoms with van der Waals surface area (Å²) >= 11 is 18.5. The van der Waals surface area contributed by atoms with Crippen LogP contribution in [0.4, 0.5) is 11.4 Å². The van der Waals surface area contributed by atoms with Crippen LogP contribution in [0, 0.1) is 13.8 Å². The summed E-state index contributed by atoms with van der Waals surface area (Å²) in [6.07, 6.45) is -0.413. The monoisotopic (exact) mass is 565 g/mol. The van der Waals surface area contributed by atoms with Gasteiger partial charge in [0, 0.05) is 11.6 Å². The van der Waals surface area contributed by atoms with E-state index < -0.39 is 34.3 Å². The SMILES string of the molecule is Cc1cc(S(=O)(=O)N2c3cc(Cl)c(Cl)cc3NC(=O)[C@H]2CC(=O)NCc2ccccc2)c(C)cc1Cl. The molecule has 1 atom stereocenters. The van der Waals surface area contributed by atoms with Crippen LogP contribution in [0.3, 0.4) is 0 Å². The Morgan fingerprint density at radius 3 is 2.33 bits per heavy atom. The van der Waals surface area contributed by atoms with E-state index in [2.05, 4.69) is 10.6 Å². The van der Waals surface area contributed by atoms with E-state index in [1.165, 1.54) is 18.2 Å². The van der Waals surface area contributed by atoms with Crippen LogP contribution in [-0.4, -0.2) is 26.3 Å². The summed E-state index contributed by atoms with van der Waals surface area (Å²) in [7, 11) is -4.34. The molecule has 1 aliphatic rings. The number of anilines is 2. The number of amides is 2. The van der Waals surface area contributed by atoms with Gasteiger partial charge in [0.05, 0.1) is 32.7 Å². The van der Waals surface area contributed by atoms with E-state index in [0.717, 1.165) is 9.87 Å². The quantitative estimate of drug-likeness (QED) is 0.413. The molecule has 0 fully saturated rings. The van der Waals surface area contributed by atoms with Gasteiger partial charge in [-0.3, -0.25) is 13.9 Å². The summed E-state index contributed by atoms with van der Waals surface area (Å²) in [4.78, 5) is 26.0. The molecule has 0 bridgehead atoms. The highest BCUT2D eigenvalue weighted by atomic mass is 35.5. The summed E-state index contributed by atoms with van der Waals surface area (Å²) in [5.74, 6) is -1.16. The molecule has 0 unspecified atom stereocenters. The van der Waals surface area contributed by atoms with E-state index in [9.17, 15) is 18.0 Å². The number of fused-ring (bicyclic) bond motifs is 1. The van der Waals surface area contributed by atoms with Crippen LogP contribution in [0.1, 0.15) is 23.1 Å². The first-order valence-electron chi connectivity index (χ1n) is 10.9. The second-order valence-electron chi connectivity index (χ2n) is 8.42. The van der Waals surface area contributed by atoms with Gasteiger partial charge in [-0.25, -0.2) is 8.42 Å². The van der Waals surface area contributed by atoms with E-state index in [4.69, 9.17) is 34.8 Å². The van der Waals surface area contributed by atoms with Crippen molar-refractivity contribution in [2.45, 2.75) is 37.8 Å². The summed E-state index contributed by atoms with van der Waals surface area (Å²) < 4.78 is 29.0. The number of hydrogen-bond acceptors (Lipinski definition) is 4. The van der Waals surface area contributed by atoms with Crippen LogP contribution in [0.15, 0.2) is 59.5 Å². The molecule has 7 nitrogen and oxygen atoms in total. The van der Waals surface area contributed by atoms with E-state index >= 15 is 0 Å². The number of hydrogen-bond donors (Lipinski definition) is 2. The molecule has 0 radical (unpaired) electrons. The maximum absolute atomic E-state index is 14.0. The third-order valence-corrected chi connectivity index (χ3v) is 8.92. The second kappa shape index (κ2) is 10.3. The Morgan fingerprint density at radius 1 is 0.972 bits per heavy atom. The van der Waals surface area contributed by atoms with Crippen LogP contribution in [0.2, 0.25) is 15.1 Å². The molecule has 1 aliphatic heterocycles. The summed E-state index contributed by atoms with van der Waals surface area (Å²) in [5, 5.41) is 6.06. The van der Waals surface area contributed by atoms with E-state index in [-0.39, 0.29) is 32.9 Å². The number of nitrogens with zero attached hydrogens (tertiary/aromatic N) is 1. The smallest absolute Gasteiger partial charge is 0.265 e. The lowest BCUT2D eigenvalue weighted by molar-refractivity contribution is -0.125. The maximum Gasteiger partial charge on any atom is 0.265 e. The van der Waals surface area contributed by atoms with Crippen molar-refractivity contribution in [1.82, 2.24) is 5.32 Å². The van der Waals surface area contributed by atoms with Gasteiger partial charge in [-0.05, 0) is 54.8 Å². The Bertz CT molecular complexity index is 1460. The zero-order valence-corrected chi connectivity index (χ0v) is 22.4. The lowest BCUT2D eigenvalue weighted by Crippen LogP contribution is -2.52. The molecule has 11 heteroatoms. The molecule has 36 heavy (non-hydrogen) atoms. The highest BCUT2D eigenvalue weighted by molar-refractivity contribution is 7.93. The third kappa shape index (κ3) is 5.18. The fourth-order valence-corrected chi connectivity index (χ4v) is 6.42. The van der Waals surface area contributed by atoms with E-state index in [1.54, 1.807) is 19.9 Å². The number of aryl methyl sites for hydroxylation is 2. The molecule has 4 rings (SSSR count). The van der Waals surface area contributed by atoms with Gasteiger partial charge in [-0.15, -0.1) is 0 Å². The average Bonchev–Trinajstić information content (AvgIpc) is 2.82. The van der Waals surface area contributed by atoms with Gasteiger partial charge in [-0.2, -0.15) is 0 Å². The van der Waals surface area contributed by atoms with E-state index in [1.807, 2.05) is 30.3 Å². The predicted molar refractivity (Wildman–Crippen MR) is 142 cm³/mol. The molecule has 0 saturated carbocycles. The van der Waals surface area contributed by atoms with Crippen molar-refractivity contribution in [3.63, 3.8) is 0 Å². The molecule has 0 aromatic heterocycles. The number of rotatable bonds is 6. The molecule has 0 spiro atoms. The lowest BCUT2D eigenvalue weighted by atomic mass is 10.1. The Morgan fingerprint density at radius 2 is 1.64 bits per heavy atom. The maximum atomic E-state index is 14.0. The Balaban J connectivity index is 1.77. The van der Waals surface area contributed by atoms with Crippen molar-refractivity contribution in [3.8, 4) is 0 Å². The first-order valence-corrected chi connectivity index (χ1v) is 13.5. The zero-order chi connectivity index (χ0) is 26.2.